The summed E-state index contributed by atoms with van der Waals surface area (Å²) in [5, 5.41) is 6.64. The van der Waals surface area contributed by atoms with Crippen molar-refractivity contribution in [2.24, 2.45) is 0 Å². The van der Waals surface area contributed by atoms with Crippen LogP contribution in [0, 0.1) is 5.82 Å². The molecule has 0 unspecified atom stereocenters. The molecule has 3 nitrogen and oxygen atoms in total. The average molecular weight is 389 g/mol. The topological polar surface area (TPSA) is 37.2 Å². The molecule has 0 aliphatic rings. The third-order valence-electron chi connectivity index (χ3n) is 2.54. The summed E-state index contributed by atoms with van der Waals surface area (Å²) in [4.78, 5) is 0. The smallest absolute Gasteiger partial charge is 0.170 e. The molecule has 0 spiro atoms. The highest BCUT2D eigenvalue weighted by molar-refractivity contribution is 9.10. The molecule has 0 aliphatic heterocycles. The number of hydrogen-bond acceptors (Lipinski definition) is 3. The first-order valence-electron chi connectivity index (χ1n) is 6.25. The lowest BCUT2D eigenvalue weighted by atomic mass is 10.3. The van der Waals surface area contributed by atoms with Crippen LogP contribution in [-0.4, -0.2) is 17.4 Å². The van der Waals surface area contributed by atoms with Crippen molar-refractivity contribution in [1.29, 1.82) is 0 Å². The van der Waals surface area contributed by atoms with Gasteiger partial charge >= 0.3 is 0 Å². The predicted molar refractivity (Wildman–Crippen MR) is 93.2 cm³/mol. The van der Waals surface area contributed by atoms with Gasteiger partial charge in [-0.15, -0.1) is 0 Å². The van der Waals surface area contributed by atoms with E-state index in [0.29, 0.717) is 9.59 Å². The Labute approximate surface area is 140 Å². The van der Waals surface area contributed by atoms with Crippen LogP contribution in [-0.2, 0) is 5.75 Å². The quantitative estimate of drug-likeness (QED) is 0.566. The Kier molecular flexibility index (Phi) is 6.53. The first-order chi connectivity index (χ1) is 10.1. The Bertz CT molecular complexity index is 593. The molecule has 0 aliphatic carbocycles. The summed E-state index contributed by atoms with van der Waals surface area (Å²) in [5.74, 6) is 2.43. The second kappa shape index (κ2) is 8.41. The van der Waals surface area contributed by atoms with E-state index < -0.39 is 0 Å². The zero-order chi connectivity index (χ0) is 15.1. The molecular weight excluding hydrogens is 375 g/mol. The molecule has 2 aromatic rings. The van der Waals surface area contributed by atoms with Gasteiger partial charge in [-0.25, -0.2) is 4.39 Å². The van der Waals surface area contributed by atoms with Crippen molar-refractivity contribution in [3.05, 3.63) is 52.6 Å². The first kappa shape index (κ1) is 16.3. The maximum atomic E-state index is 13.0. The molecule has 0 saturated carbocycles. The largest absolute Gasteiger partial charge is 0.468 e. The lowest BCUT2D eigenvalue weighted by Crippen LogP contribution is -2.30. The van der Waals surface area contributed by atoms with Crippen molar-refractivity contribution in [3.63, 3.8) is 0 Å². The maximum Gasteiger partial charge on any atom is 0.170 e. The highest BCUT2D eigenvalue weighted by Crippen LogP contribution is 2.22. The van der Waals surface area contributed by atoms with Crippen LogP contribution < -0.4 is 10.6 Å². The minimum Gasteiger partial charge on any atom is -0.468 e. The van der Waals surface area contributed by atoms with Crippen molar-refractivity contribution in [2.75, 3.05) is 17.6 Å². The van der Waals surface area contributed by atoms with E-state index in [1.54, 1.807) is 24.1 Å². The molecule has 0 fully saturated rings. The van der Waals surface area contributed by atoms with Gasteiger partial charge in [-0.2, -0.15) is 11.8 Å². The van der Waals surface area contributed by atoms with E-state index in [0.717, 1.165) is 29.5 Å². The third-order valence-corrected chi connectivity index (χ3v) is 4.42. The monoisotopic (exact) mass is 388 g/mol. The molecule has 0 radical (unpaired) electrons. The van der Waals surface area contributed by atoms with Crippen molar-refractivity contribution in [3.8, 4) is 0 Å². The summed E-state index contributed by atoms with van der Waals surface area (Å²) in [6.45, 7) is 0.746. The minimum absolute atomic E-state index is 0.291. The van der Waals surface area contributed by atoms with Crippen LogP contribution in [0.2, 0.25) is 0 Å². The second-order valence-corrected chi connectivity index (χ2v) is 6.50. The molecule has 1 heterocycles. The normalized spacial score (nSPS) is 10.4. The Morgan fingerprint density at radius 1 is 1.38 bits per heavy atom. The van der Waals surface area contributed by atoms with Gasteiger partial charge in [0.1, 0.15) is 11.6 Å². The molecule has 21 heavy (non-hydrogen) atoms. The summed E-state index contributed by atoms with van der Waals surface area (Å²) < 4.78 is 18.9. The number of halogens is 2. The molecule has 1 aromatic heterocycles. The van der Waals surface area contributed by atoms with E-state index in [9.17, 15) is 4.39 Å². The van der Waals surface area contributed by atoms with E-state index in [1.165, 1.54) is 12.1 Å². The minimum atomic E-state index is -0.291. The lowest BCUT2D eigenvalue weighted by molar-refractivity contribution is 0.530. The number of thioether (sulfide) groups is 1. The molecule has 0 saturated heterocycles. The van der Waals surface area contributed by atoms with Crippen molar-refractivity contribution >= 4 is 50.7 Å². The third kappa shape index (κ3) is 5.68. The van der Waals surface area contributed by atoms with Gasteiger partial charge in [0.15, 0.2) is 5.11 Å². The Morgan fingerprint density at radius 2 is 2.24 bits per heavy atom. The van der Waals surface area contributed by atoms with E-state index in [1.807, 2.05) is 12.1 Å². The highest BCUT2D eigenvalue weighted by Gasteiger charge is 2.03. The Hall–Kier alpha value is -1.05. The summed E-state index contributed by atoms with van der Waals surface area (Å²) in [6.07, 6.45) is 1.67. The van der Waals surface area contributed by atoms with Crippen molar-refractivity contribution in [1.82, 2.24) is 5.32 Å². The maximum absolute atomic E-state index is 13.0. The van der Waals surface area contributed by atoms with Gasteiger partial charge in [0, 0.05) is 16.8 Å². The second-order valence-electron chi connectivity index (χ2n) is 4.14. The summed E-state index contributed by atoms with van der Waals surface area (Å²) in [6, 6.07) is 8.25. The highest BCUT2D eigenvalue weighted by atomic mass is 79.9. The predicted octanol–water partition coefficient (Wildman–Crippen LogP) is 4.40. The van der Waals surface area contributed by atoms with Gasteiger partial charge in [0.05, 0.1) is 17.7 Å². The van der Waals surface area contributed by atoms with Crippen molar-refractivity contribution < 1.29 is 8.81 Å². The van der Waals surface area contributed by atoms with Gasteiger partial charge in [-0.1, -0.05) is 0 Å². The van der Waals surface area contributed by atoms with E-state index in [-0.39, 0.29) is 5.82 Å². The molecule has 0 atom stereocenters. The van der Waals surface area contributed by atoms with E-state index in [4.69, 9.17) is 16.6 Å². The lowest BCUT2D eigenvalue weighted by Gasteiger charge is -2.11. The molecular formula is C14H14BrFN2OS2. The summed E-state index contributed by atoms with van der Waals surface area (Å²) in [5.41, 5.74) is 0.733. The van der Waals surface area contributed by atoms with Gasteiger partial charge in [-0.3, -0.25) is 0 Å². The van der Waals surface area contributed by atoms with Gasteiger partial charge in [-0.05, 0) is 58.5 Å². The SMILES string of the molecule is Fc1ccc(NC(=S)NCCSCc2ccco2)c(Br)c1. The number of rotatable bonds is 6. The first-order valence-corrected chi connectivity index (χ1v) is 8.61. The average Bonchev–Trinajstić information content (AvgIpc) is 2.95. The van der Waals surface area contributed by atoms with Crippen LogP contribution in [0.25, 0.3) is 0 Å². The summed E-state index contributed by atoms with van der Waals surface area (Å²) in [7, 11) is 0. The number of anilines is 1. The molecule has 7 heteroatoms. The van der Waals surface area contributed by atoms with E-state index >= 15 is 0 Å². The zero-order valence-electron chi connectivity index (χ0n) is 11.1. The van der Waals surface area contributed by atoms with Gasteiger partial charge in [0.2, 0.25) is 0 Å². The molecule has 0 bridgehead atoms. The number of hydrogen-bond donors (Lipinski definition) is 2. The molecule has 0 amide bonds. The fourth-order valence-corrected chi connectivity index (χ4v) is 2.98. The molecule has 2 N–H and O–H groups in total. The van der Waals surface area contributed by atoms with Crippen LogP contribution in [0.3, 0.4) is 0 Å². The van der Waals surface area contributed by atoms with Crippen molar-refractivity contribution in [2.45, 2.75) is 5.75 Å². The van der Waals surface area contributed by atoms with Crippen LogP contribution in [0.4, 0.5) is 10.1 Å². The number of nitrogens with one attached hydrogen (secondary N) is 2. The van der Waals surface area contributed by atoms with Crippen LogP contribution in [0.15, 0.2) is 45.5 Å². The van der Waals surface area contributed by atoms with Crippen LogP contribution in [0.1, 0.15) is 5.76 Å². The van der Waals surface area contributed by atoms with E-state index in [2.05, 4.69) is 26.6 Å². The van der Waals surface area contributed by atoms with Gasteiger partial charge < -0.3 is 15.1 Å². The van der Waals surface area contributed by atoms with Crippen LogP contribution >= 0.6 is 39.9 Å². The Morgan fingerprint density at radius 3 is 2.95 bits per heavy atom. The number of thiocarbonyl (C=S) groups is 1. The number of furan rings is 1. The summed E-state index contributed by atoms with van der Waals surface area (Å²) >= 11 is 10.2. The Balaban J connectivity index is 1.65. The fraction of sp³-hybridized carbons (Fsp3) is 0.214. The zero-order valence-corrected chi connectivity index (χ0v) is 14.3. The van der Waals surface area contributed by atoms with Crippen LogP contribution in [0.5, 0.6) is 0 Å². The molecule has 2 rings (SSSR count). The fourth-order valence-electron chi connectivity index (χ4n) is 1.56. The molecule has 1 aromatic carbocycles. The number of benzene rings is 1. The molecule has 112 valence electrons. The standard InChI is InChI=1S/C14H14BrFN2OS2/c15-12-8-10(16)3-4-13(12)18-14(20)17-5-7-21-9-11-2-1-6-19-11/h1-4,6,8H,5,7,9H2,(H2,17,18,20). The van der Waals surface area contributed by atoms with Gasteiger partial charge in [0.25, 0.3) is 0 Å².